The van der Waals surface area contributed by atoms with Crippen LogP contribution in [0.15, 0.2) is 87.4 Å². The van der Waals surface area contributed by atoms with Crippen LogP contribution in [-0.2, 0) is 21.2 Å². The van der Waals surface area contributed by atoms with E-state index in [-0.39, 0.29) is 18.0 Å². The Morgan fingerprint density at radius 1 is 1.07 bits per heavy atom. The third-order valence-corrected chi connectivity index (χ3v) is 6.30. The number of nitrogens with zero attached hydrogens (tertiary/aromatic N) is 2. The monoisotopic (exact) mass is 445 g/mol. The number of rotatable bonds is 9. The zero-order chi connectivity index (χ0) is 21.4. The van der Waals surface area contributed by atoms with Crippen molar-refractivity contribution in [3.05, 3.63) is 89.3 Å². The van der Waals surface area contributed by atoms with E-state index < -0.39 is 15.9 Å². The third-order valence-electron chi connectivity index (χ3n) is 4.19. The summed E-state index contributed by atoms with van der Waals surface area (Å²) in [4.78, 5) is 12.4. The molecule has 1 N–H and O–H groups in total. The lowest BCUT2D eigenvalue weighted by Crippen LogP contribution is -2.40. The van der Waals surface area contributed by atoms with Crippen molar-refractivity contribution in [2.75, 3.05) is 13.1 Å². The van der Waals surface area contributed by atoms with E-state index >= 15 is 0 Å². The van der Waals surface area contributed by atoms with Gasteiger partial charge in [-0.05, 0) is 48.4 Å². The van der Waals surface area contributed by atoms with Gasteiger partial charge in [0.25, 0.3) is 5.91 Å². The average Bonchev–Trinajstić information content (AvgIpc) is 3.25. The molecule has 0 aliphatic heterocycles. The van der Waals surface area contributed by atoms with Gasteiger partial charge in [-0.2, -0.15) is 9.41 Å². The normalized spacial score (nSPS) is 11.8. The number of hydrogen-bond donors (Lipinski definition) is 1. The Balaban J connectivity index is 1.74. The number of halogens is 1. The Morgan fingerprint density at radius 2 is 1.80 bits per heavy atom. The van der Waals surface area contributed by atoms with Crippen LogP contribution in [0.1, 0.15) is 11.3 Å². The second-order valence-electron chi connectivity index (χ2n) is 6.34. The van der Waals surface area contributed by atoms with Gasteiger partial charge < -0.3 is 4.42 Å². The summed E-state index contributed by atoms with van der Waals surface area (Å²) < 4.78 is 32.4. The van der Waals surface area contributed by atoms with E-state index in [0.29, 0.717) is 17.2 Å². The predicted octanol–water partition coefficient (Wildman–Crippen LogP) is 3.32. The molecular weight excluding hydrogens is 426 g/mol. The van der Waals surface area contributed by atoms with Crippen molar-refractivity contribution in [2.24, 2.45) is 5.10 Å². The van der Waals surface area contributed by atoms with Gasteiger partial charge in [0.15, 0.2) is 0 Å². The van der Waals surface area contributed by atoms with Crippen LogP contribution in [0.5, 0.6) is 0 Å². The summed E-state index contributed by atoms with van der Waals surface area (Å²) in [5, 5.41) is 4.22. The molecule has 1 amide bonds. The molecule has 0 radical (unpaired) electrons. The lowest BCUT2D eigenvalue weighted by molar-refractivity contribution is -0.121. The molecule has 0 saturated heterocycles. The molecular formula is C21H20ClN3O4S. The van der Waals surface area contributed by atoms with Crippen LogP contribution in [0.4, 0.5) is 0 Å². The number of furan rings is 1. The van der Waals surface area contributed by atoms with Gasteiger partial charge in [0.2, 0.25) is 10.0 Å². The van der Waals surface area contributed by atoms with Crippen LogP contribution in [0.2, 0.25) is 5.02 Å². The summed E-state index contributed by atoms with van der Waals surface area (Å²) in [5.41, 5.74) is 3.29. The second-order valence-corrected chi connectivity index (χ2v) is 8.71. The summed E-state index contributed by atoms with van der Waals surface area (Å²) in [7, 11) is -3.91. The molecule has 0 atom stereocenters. The lowest BCUT2D eigenvalue weighted by atomic mass is 10.1. The Bertz CT molecular complexity index is 1080. The number of hydrogen-bond acceptors (Lipinski definition) is 5. The molecule has 1 aromatic heterocycles. The fourth-order valence-electron chi connectivity index (χ4n) is 2.67. The first kappa shape index (κ1) is 21.8. The van der Waals surface area contributed by atoms with Gasteiger partial charge in [0, 0.05) is 11.6 Å². The van der Waals surface area contributed by atoms with Crippen LogP contribution in [0.25, 0.3) is 0 Å². The summed E-state index contributed by atoms with van der Waals surface area (Å²) in [6.07, 6.45) is 3.27. The van der Waals surface area contributed by atoms with Crippen molar-refractivity contribution in [3.8, 4) is 0 Å². The topological polar surface area (TPSA) is 92.0 Å². The van der Waals surface area contributed by atoms with Crippen LogP contribution < -0.4 is 5.43 Å². The zero-order valence-corrected chi connectivity index (χ0v) is 17.5. The highest BCUT2D eigenvalue weighted by Crippen LogP contribution is 2.19. The van der Waals surface area contributed by atoms with Gasteiger partial charge in [-0.1, -0.05) is 41.9 Å². The standard InChI is InChI=1S/C21H20ClN3O4S/c22-18-8-10-20(11-9-18)30(27,28)25(13-12-17-5-2-1-3-6-17)16-21(26)24-23-15-19-7-4-14-29-19/h1-11,14-15H,12-13,16H2,(H,24,26)/b23-15-. The van der Waals surface area contributed by atoms with E-state index in [1.54, 1.807) is 12.1 Å². The van der Waals surface area contributed by atoms with Gasteiger partial charge in [-0.3, -0.25) is 4.79 Å². The second kappa shape index (κ2) is 10.2. The number of nitrogens with one attached hydrogen (secondary N) is 1. The first-order chi connectivity index (χ1) is 14.4. The van der Waals surface area contributed by atoms with Crippen LogP contribution in [0, 0.1) is 0 Å². The van der Waals surface area contributed by atoms with E-state index in [1.807, 2.05) is 30.3 Å². The average molecular weight is 446 g/mol. The molecule has 7 nitrogen and oxygen atoms in total. The molecule has 0 aliphatic carbocycles. The van der Waals surface area contributed by atoms with Crippen LogP contribution >= 0.6 is 11.6 Å². The Labute approximate surface area is 180 Å². The molecule has 0 unspecified atom stereocenters. The van der Waals surface area contributed by atoms with Crippen molar-refractivity contribution in [2.45, 2.75) is 11.3 Å². The van der Waals surface area contributed by atoms with E-state index in [0.717, 1.165) is 9.87 Å². The van der Waals surface area contributed by atoms with Gasteiger partial charge in [-0.15, -0.1) is 0 Å². The molecule has 0 aliphatic rings. The third kappa shape index (κ3) is 6.03. The van der Waals surface area contributed by atoms with Gasteiger partial charge in [0.1, 0.15) is 5.76 Å². The fourth-order valence-corrected chi connectivity index (χ4v) is 4.19. The highest BCUT2D eigenvalue weighted by Gasteiger charge is 2.26. The highest BCUT2D eigenvalue weighted by molar-refractivity contribution is 7.89. The van der Waals surface area contributed by atoms with E-state index in [2.05, 4.69) is 10.5 Å². The Morgan fingerprint density at radius 3 is 2.47 bits per heavy atom. The number of hydrazone groups is 1. The Kier molecular flexibility index (Phi) is 7.40. The summed E-state index contributed by atoms with van der Waals surface area (Å²) >= 11 is 5.87. The molecule has 30 heavy (non-hydrogen) atoms. The van der Waals surface area contributed by atoms with Crippen molar-refractivity contribution >= 4 is 33.7 Å². The summed E-state index contributed by atoms with van der Waals surface area (Å²) in [5.74, 6) is -0.103. The van der Waals surface area contributed by atoms with Crippen LogP contribution in [-0.4, -0.2) is 37.9 Å². The van der Waals surface area contributed by atoms with Crippen molar-refractivity contribution in [3.63, 3.8) is 0 Å². The molecule has 0 fully saturated rings. The van der Waals surface area contributed by atoms with E-state index in [9.17, 15) is 13.2 Å². The minimum atomic E-state index is -3.91. The molecule has 0 saturated carbocycles. The number of amides is 1. The van der Waals surface area contributed by atoms with Gasteiger partial charge in [-0.25, -0.2) is 13.8 Å². The smallest absolute Gasteiger partial charge is 0.255 e. The molecule has 3 aromatic rings. The number of benzene rings is 2. The van der Waals surface area contributed by atoms with Gasteiger partial charge >= 0.3 is 0 Å². The molecule has 1 heterocycles. The largest absolute Gasteiger partial charge is 0.463 e. The number of sulfonamides is 1. The Hall–Kier alpha value is -2.94. The summed E-state index contributed by atoms with van der Waals surface area (Å²) in [6.45, 7) is -0.252. The van der Waals surface area contributed by atoms with Crippen molar-refractivity contribution < 1.29 is 17.6 Å². The molecule has 3 rings (SSSR count). The molecule has 0 spiro atoms. The van der Waals surface area contributed by atoms with Gasteiger partial charge in [0.05, 0.1) is 23.9 Å². The maximum absolute atomic E-state index is 13.1. The molecule has 156 valence electrons. The van der Waals surface area contributed by atoms with E-state index in [1.165, 1.54) is 36.7 Å². The first-order valence-corrected chi connectivity index (χ1v) is 10.9. The first-order valence-electron chi connectivity index (χ1n) is 9.10. The SMILES string of the molecule is O=C(CN(CCc1ccccc1)S(=O)(=O)c1ccc(Cl)cc1)N/N=C\c1ccco1. The van der Waals surface area contributed by atoms with E-state index in [4.69, 9.17) is 16.0 Å². The quantitative estimate of drug-likeness (QED) is 0.404. The summed E-state index contributed by atoms with van der Waals surface area (Å²) in [6, 6.07) is 18.6. The molecule has 9 heteroatoms. The maximum Gasteiger partial charge on any atom is 0.255 e. The minimum absolute atomic E-state index is 0.0619. The highest BCUT2D eigenvalue weighted by atomic mass is 35.5. The van der Waals surface area contributed by atoms with Crippen molar-refractivity contribution in [1.29, 1.82) is 0 Å². The maximum atomic E-state index is 13.1. The number of carbonyl (C=O) groups excluding carboxylic acids is 1. The molecule has 0 bridgehead atoms. The zero-order valence-electron chi connectivity index (χ0n) is 15.9. The predicted molar refractivity (Wildman–Crippen MR) is 115 cm³/mol. The fraction of sp³-hybridized carbons (Fsp3) is 0.143. The molecule has 2 aromatic carbocycles. The lowest BCUT2D eigenvalue weighted by Gasteiger charge is -2.21. The minimum Gasteiger partial charge on any atom is -0.463 e. The van der Waals surface area contributed by atoms with Crippen LogP contribution in [0.3, 0.4) is 0 Å². The number of carbonyl (C=O) groups is 1. The van der Waals surface area contributed by atoms with Crippen molar-refractivity contribution in [1.82, 2.24) is 9.73 Å².